The molecule has 2 rings (SSSR count). The van der Waals surface area contributed by atoms with Gasteiger partial charge in [0.25, 0.3) is 0 Å². The fourth-order valence-electron chi connectivity index (χ4n) is 1.70. The first kappa shape index (κ1) is 12.8. The van der Waals surface area contributed by atoms with Gasteiger partial charge < -0.3 is 9.73 Å². The molecule has 0 saturated heterocycles. The van der Waals surface area contributed by atoms with Crippen LogP contribution in [0.2, 0.25) is 0 Å². The highest BCUT2D eigenvalue weighted by atomic mass is 16.3. The standard InChI is InChI=1S/C14H19N3O/c1-9(2)15-8-13-10(3)7-16-14(17-13)12-5-6-18-11(12)4/h5-7,9,15H,8H2,1-4H3. The smallest absolute Gasteiger partial charge is 0.162 e. The first-order valence-electron chi connectivity index (χ1n) is 6.18. The molecule has 2 aromatic rings. The molecule has 2 aromatic heterocycles. The summed E-state index contributed by atoms with van der Waals surface area (Å²) >= 11 is 0. The lowest BCUT2D eigenvalue weighted by atomic mass is 10.2. The minimum atomic E-state index is 0.443. The summed E-state index contributed by atoms with van der Waals surface area (Å²) in [5.41, 5.74) is 3.10. The number of hydrogen-bond donors (Lipinski definition) is 1. The van der Waals surface area contributed by atoms with Gasteiger partial charge in [0.2, 0.25) is 0 Å². The van der Waals surface area contributed by atoms with Crippen molar-refractivity contribution in [3.05, 3.63) is 35.5 Å². The van der Waals surface area contributed by atoms with E-state index in [1.807, 2.05) is 26.1 Å². The third-order valence-electron chi connectivity index (χ3n) is 2.85. The highest BCUT2D eigenvalue weighted by Crippen LogP contribution is 2.21. The zero-order valence-corrected chi connectivity index (χ0v) is 11.3. The van der Waals surface area contributed by atoms with Crippen molar-refractivity contribution in [3.8, 4) is 11.4 Å². The second-order valence-electron chi connectivity index (χ2n) is 4.75. The Kier molecular flexibility index (Phi) is 3.77. The fraction of sp³-hybridized carbons (Fsp3) is 0.429. The molecular formula is C14H19N3O. The van der Waals surface area contributed by atoms with Gasteiger partial charge in [-0.05, 0) is 25.5 Å². The van der Waals surface area contributed by atoms with Crippen LogP contribution in [-0.4, -0.2) is 16.0 Å². The maximum absolute atomic E-state index is 5.29. The molecule has 18 heavy (non-hydrogen) atoms. The van der Waals surface area contributed by atoms with Crippen molar-refractivity contribution in [1.82, 2.24) is 15.3 Å². The zero-order chi connectivity index (χ0) is 13.1. The number of rotatable bonds is 4. The maximum Gasteiger partial charge on any atom is 0.162 e. The van der Waals surface area contributed by atoms with Crippen LogP contribution in [0.5, 0.6) is 0 Å². The third-order valence-corrected chi connectivity index (χ3v) is 2.85. The molecule has 0 bridgehead atoms. The largest absolute Gasteiger partial charge is 0.469 e. The molecule has 0 radical (unpaired) electrons. The van der Waals surface area contributed by atoms with E-state index >= 15 is 0 Å². The summed E-state index contributed by atoms with van der Waals surface area (Å²) in [5.74, 6) is 1.58. The van der Waals surface area contributed by atoms with E-state index < -0.39 is 0 Å². The molecule has 1 N–H and O–H groups in total. The first-order chi connectivity index (χ1) is 8.58. The predicted molar refractivity (Wildman–Crippen MR) is 71.2 cm³/mol. The van der Waals surface area contributed by atoms with E-state index in [1.165, 1.54) is 0 Å². The van der Waals surface area contributed by atoms with Gasteiger partial charge >= 0.3 is 0 Å². The molecule has 0 aliphatic rings. The predicted octanol–water partition coefficient (Wildman–Crippen LogP) is 2.85. The van der Waals surface area contributed by atoms with Crippen molar-refractivity contribution in [2.24, 2.45) is 0 Å². The maximum atomic E-state index is 5.29. The minimum Gasteiger partial charge on any atom is -0.469 e. The SMILES string of the molecule is Cc1cnc(-c2ccoc2C)nc1CNC(C)C. The summed E-state index contributed by atoms with van der Waals surface area (Å²) in [6.45, 7) is 8.96. The van der Waals surface area contributed by atoms with E-state index in [4.69, 9.17) is 4.42 Å². The second kappa shape index (κ2) is 5.31. The van der Waals surface area contributed by atoms with Crippen molar-refractivity contribution in [2.75, 3.05) is 0 Å². The molecule has 96 valence electrons. The number of aryl methyl sites for hydroxylation is 2. The van der Waals surface area contributed by atoms with Crippen molar-refractivity contribution in [2.45, 2.75) is 40.3 Å². The Morgan fingerprint density at radius 3 is 2.72 bits per heavy atom. The van der Waals surface area contributed by atoms with Crippen LogP contribution < -0.4 is 5.32 Å². The van der Waals surface area contributed by atoms with Gasteiger partial charge in [0.15, 0.2) is 5.82 Å². The molecule has 2 heterocycles. The number of aromatic nitrogens is 2. The molecule has 0 unspecified atom stereocenters. The first-order valence-corrected chi connectivity index (χ1v) is 6.18. The van der Waals surface area contributed by atoms with Crippen molar-refractivity contribution in [1.29, 1.82) is 0 Å². The van der Waals surface area contributed by atoms with Crippen LogP contribution in [-0.2, 0) is 6.54 Å². The van der Waals surface area contributed by atoms with Gasteiger partial charge in [-0.15, -0.1) is 0 Å². The molecule has 0 aromatic carbocycles. The van der Waals surface area contributed by atoms with Gasteiger partial charge in [0, 0.05) is 18.8 Å². The lowest BCUT2D eigenvalue weighted by molar-refractivity contribution is 0.535. The van der Waals surface area contributed by atoms with Crippen molar-refractivity contribution < 1.29 is 4.42 Å². The lowest BCUT2D eigenvalue weighted by Gasteiger charge is -2.10. The number of furan rings is 1. The Bertz CT molecular complexity index is 532. The van der Waals surface area contributed by atoms with Gasteiger partial charge in [0.1, 0.15) is 5.76 Å². The monoisotopic (exact) mass is 245 g/mol. The molecule has 0 aliphatic heterocycles. The Balaban J connectivity index is 2.29. The third kappa shape index (κ3) is 2.76. The lowest BCUT2D eigenvalue weighted by Crippen LogP contribution is -2.23. The van der Waals surface area contributed by atoms with E-state index in [-0.39, 0.29) is 0 Å². The Morgan fingerprint density at radius 2 is 2.11 bits per heavy atom. The summed E-state index contributed by atoms with van der Waals surface area (Å²) in [5, 5.41) is 3.38. The summed E-state index contributed by atoms with van der Waals surface area (Å²) in [6.07, 6.45) is 3.53. The fourth-order valence-corrected chi connectivity index (χ4v) is 1.70. The van der Waals surface area contributed by atoms with Gasteiger partial charge in [0.05, 0.1) is 17.5 Å². The van der Waals surface area contributed by atoms with Gasteiger partial charge in [-0.25, -0.2) is 9.97 Å². The van der Waals surface area contributed by atoms with Crippen LogP contribution in [0, 0.1) is 13.8 Å². The van der Waals surface area contributed by atoms with Crippen molar-refractivity contribution in [3.63, 3.8) is 0 Å². The van der Waals surface area contributed by atoms with Gasteiger partial charge in [-0.3, -0.25) is 0 Å². The highest BCUT2D eigenvalue weighted by Gasteiger charge is 2.10. The van der Waals surface area contributed by atoms with Crippen LogP contribution in [0.1, 0.15) is 30.9 Å². The molecule has 0 amide bonds. The molecular weight excluding hydrogens is 226 g/mol. The number of hydrogen-bond acceptors (Lipinski definition) is 4. The molecule has 4 nitrogen and oxygen atoms in total. The van der Waals surface area contributed by atoms with E-state index in [2.05, 4.69) is 29.1 Å². The van der Waals surface area contributed by atoms with E-state index in [9.17, 15) is 0 Å². The average molecular weight is 245 g/mol. The number of nitrogens with one attached hydrogen (secondary N) is 1. The summed E-state index contributed by atoms with van der Waals surface area (Å²) in [7, 11) is 0. The summed E-state index contributed by atoms with van der Waals surface area (Å²) in [4.78, 5) is 8.98. The normalized spacial score (nSPS) is 11.2. The molecule has 0 atom stereocenters. The van der Waals surface area contributed by atoms with Crippen LogP contribution in [0.15, 0.2) is 22.9 Å². The Morgan fingerprint density at radius 1 is 1.33 bits per heavy atom. The number of nitrogens with zero attached hydrogens (tertiary/aromatic N) is 2. The zero-order valence-electron chi connectivity index (χ0n) is 11.3. The van der Waals surface area contributed by atoms with Crippen molar-refractivity contribution >= 4 is 0 Å². The molecule has 0 fully saturated rings. The van der Waals surface area contributed by atoms with Crippen LogP contribution >= 0.6 is 0 Å². The minimum absolute atomic E-state index is 0.443. The van der Waals surface area contributed by atoms with E-state index in [1.54, 1.807) is 6.26 Å². The van der Waals surface area contributed by atoms with Gasteiger partial charge in [-0.1, -0.05) is 13.8 Å². The Labute approximate surface area is 107 Å². The van der Waals surface area contributed by atoms with Gasteiger partial charge in [-0.2, -0.15) is 0 Å². The molecule has 0 saturated carbocycles. The average Bonchev–Trinajstić information content (AvgIpc) is 2.74. The summed E-state index contributed by atoms with van der Waals surface area (Å²) < 4.78 is 5.29. The summed E-state index contributed by atoms with van der Waals surface area (Å²) in [6, 6.07) is 2.35. The molecule has 4 heteroatoms. The quantitative estimate of drug-likeness (QED) is 0.900. The topological polar surface area (TPSA) is 51.0 Å². The Hall–Kier alpha value is -1.68. The highest BCUT2D eigenvalue weighted by molar-refractivity contribution is 5.57. The molecule has 0 aliphatic carbocycles. The van der Waals surface area contributed by atoms with E-state index in [0.717, 1.165) is 35.0 Å². The van der Waals surface area contributed by atoms with Crippen LogP contribution in [0.4, 0.5) is 0 Å². The van der Waals surface area contributed by atoms with Crippen LogP contribution in [0.3, 0.4) is 0 Å². The second-order valence-corrected chi connectivity index (χ2v) is 4.75. The van der Waals surface area contributed by atoms with Crippen LogP contribution in [0.25, 0.3) is 11.4 Å². The van der Waals surface area contributed by atoms with E-state index in [0.29, 0.717) is 6.04 Å². The molecule has 0 spiro atoms.